The summed E-state index contributed by atoms with van der Waals surface area (Å²) < 4.78 is 0. The van der Waals surface area contributed by atoms with Gasteiger partial charge >= 0.3 is 0 Å². The van der Waals surface area contributed by atoms with Crippen LogP contribution in [0.15, 0.2) is 42.5 Å². The fourth-order valence-corrected chi connectivity index (χ4v) is 2.40. The number of fused-ring (bicyclic) bond motifs is 1. The van der Waals surface area contributed by atoms with Crippen LogP contribution in [0.4, 0.5) is 0 Å². The molecule has 0 aliphatic heterocycles. The van der Waals surface area contributed by atoms with Crippen LogP contribution in [0, 0.1) is 11.3 Å². The van der Waals surface area contributed by atoms with Gasteiger partial charge in [-0.2, -0.15) is 5.26 Å². The van der Waals surface area contributed by atoms with Gasteiger partial charge in [-0.3, -0.25) is 4.79 Å². The molecule has 2 aromatic rings. The monoisotopic (exact) mass is 237 g/mol. The second-order valence-corrected chi connectivity index (χ2v) is 4.85. The van der Waals surface area contributed by atoms with Crippen LogP contribution in [0.5, 0.6) is 0 Å². The normalized spacial score (nSPS) is 13.8. The molecule has 2 rings (SSSR count). The molecule has 0 aliphatic carbocycles. The predicted octanol–water partition coefficient (Wildman–Crippen LogP) is 3.60. The van der Waals surface area contributed by atoms with Crippen LogP contribution in [0.2, 0.25) is 0 Å². The molecule has 0 saturated carbocycles. The van der Waals surface area contributed by atoms with Crippen molar-refractivity contribution in [1.29, 1.82) is 5.26 Å². The molecule has 0 radical (unpaired) electrons. The highest BCUT2D eigenvalue weighted by Gasteiger charge is 2.29. The smallest absolute Gasteiger partial charge is 0.131 e. The number of ketones is 1. The van der Waals surface area contributed by atoms with Crippen molar-refractivity contribution in [3.63, 3.8) is 0 Å². The molecule has 0 saturated heterocycles. The van der Waals surface area contributed by atoms with Crippen LogP contribution in [0.3, 0.4) is 0 Å². The molecule has 2 aromatic carbocycles. The van der Waals surface area contributed by atoms with Crippen LogP contribution in [-0.4, -0.2) is 5.78 Å². The first-order valence-corrected chi connectivity index (χ1v) is 5.96. The van der Waals surface area contributed by atoms with Gasteiger partial charge in [0.2, 0.25) is 0 Å². The molecule has 0 aromatic heterocycles. The average molecular weight is 237 g/mol. The van der Waals surface area contributed by atoms with Crippen LogP contribution < -0.4 is 0 Å². The molecule has 90 valence electrons. The van der Waals surface area contributed by atoms with Gasteiger partial charge in [-0.15, -0.1) is 0 Å². The molecule has 18 heavy (non-hydrogen) atoms. The summed E-state index contributed by atoms with van der Waals surface area (Å²) in [6, 6.07) is 16.1. The van der Waals surface area contributed by atoms with Crippen molar-refractivity contribution >= 4 is 16.6 Å². The standard InChI is InChI=1S/C16H15NO/c1-12(18)10-16(2,11-17)15-9-5-7-13-6-3-4-8-14(13)15/h3-9H,10H2,1-2H3. The summed E-state index contributed by atoms with van der Waals surface area (Å²) in [6.07, 6.45) is 0.248. The van der Waals surface area contributed by atoms with Gasteiger partial charge in [0.05, 0.1) is 11.5 Å². The summed E-state index contributed by atoms with van der Waals surface area (Å²) in [4.78, 5) is 11.4. The zero-order chi connectivity index (χ0) is 13.2. The Morgan fingerprint density at radius 2 is 1.89 bits per heavy atom. The van der Waals surface area contributed by atoms with Gasteiger partial charge in [0, 0.05) is 6.42 Å². The van der Waals surface area contributed by atoms with Gasteiger partial charge < -0.3 is 0 Å². The van der Waals surface area contributed by atoms with Gasteiger partial charge in [-0.25, -0.2) is 0 Å². The summed E-state index contributed by atoms with van der Waals surface area (Å²) in [6.45, 7) is 3.36. The summed E-state index contributed by atoms with van der Waals surface area (Å²) >= 11 is 0. The molecule has 0 aliphatic rings. The maximum absolute atomic E-state index is 11.4. The second kappa shape index (κ2) is 4.62. The molecule has 0 heterocycles. The summed E-state index contributed by atoms with van der Waals surface area (Å²) in [5.41, 5.74) is 0.172. The Kier molecular flexibility index (Phi) is 3.16. The highest BCUT2D eigenvalue weighted by molar-refractivity contribution is 5.88. The molecule has 2 heteroatoms. The molecule has 1 atom stereocenters. The van der Waals surface area contributed by atoms with Crippen LogP contribution in [-0.2, 0) is 10.2 Å². The van der Waals surface area contributed by atoms with Crippen molar-refractivity contribution in [2.75, 3.05) is 0 Å². The number of nitriles is 1. The predicted molar refractivity (Wildman–Crippen MR) is 72.2 cm³/mol. The van der Waals surface area contributed by atoms with Gasteiger partial charge in [0.15, 0.2) is 0 Å². The molecule has 0 N–H and O–H groups in total. The highest BCUT2D eigenvalue weighted by Crippen LogP contribution is 2.33. The van der Waals surface area contributed by atoms with Gasteiger partial charge in [-0.05, 0) is 30.2 Å². The number of rotatable bonds is 3. The Hall–Kier alpha value is -2.14. The van der Waals surface area contributed by atoms with Crippen molar-refractivity contribution in [3.05, 3.63) is 48.0 Å². The third-order valence-corrected chi connectivity index (χ3v) is 3.23. The third kappa shape index (κ3) is 2.12. The lowest BCUT2D eigenvalue weighted by Crippen LogP contribution is -2.23. The van der Waals surface area contributed by atoms with E-state index in [1.54, 1.807) is 0 Å². The van der Waals surface area contributed by atoms with Crippen molar-refractivity contribution < 1.29 is 4.79 Å². The SMILES string of the molecule is CC(=O)CC(C)(C#N)c1cccc2ccccc12. The average Bonchev–Trinajstić information content (AvgIpc) is 2.37. The Morgan fingerprint density at radius 1 is 1.22 bits per heavy atom. The number of carbonyl (C=O) groups is 1. The molecule has 0 bridgehead atoms. The highest BCUT2D eigenvalue weighted by atomic mass is 16.1. The van der Waals surface area contributed by atoms with Gasteiger partial charge in [0.1, 0.15) is 5.78 Å². The number of nitrogens with zero attached hydrogens (tertiary/aromatic N) is 1. The van der Waals surface area contributed by atoms with E-state index in [0.29, 0.717) is 0 Å². The maximum Gasteiger partial charge on any atom is 0.131 e. The van der Waals surface area contributed by atoms with E-state index in [4.69, 9.17) is 0 Å². The van der Waals surface area contributed by atoms with Gasteiger partial charge in [-0.1, -0.05) is 42.5 Å². The lowest BCUT2D eigenvalue weighted by atomic mass is 9.77. The second-order valence-electron chi connectivity index (χ2n) is 4.85. The molecular weight excluding hydrogens is 222 g/mol. The minimum Gasteiger partial charge on any atom is -0.300 e. The molecular formula is C16H15NO. The van der Waals surface area contributed by atoms with E-state index in [1.165, 1.54) is 6.92 Å². The van der Waals surface area contributed by atoms with E-state index < -0.39 is 5.41 Å². The summed E-state index contributed by atoms with van der Waals surface area (Å²) in [7, 11) is 0. The largest absolute Gasteiger partial charge is 0.300 e. The van der Waals surface area contributed by atoms with E-state index in [1.807, 2.05) is 49.4 Å². The quantitative estimate of drug-likeness (QED) is 0.818. The zero-order valence-corrected chi connectivity index (χ0v) is 10.6. The van der Waals surface area contributed by atoms with Crippen molar-refractivity contribution in [1.82, 2.24) is 0 Å². The van der Waals surface area contributed by atoms with E-state index >= 15 is 0 Å². The molecule has 0 spiro atoms. The minimum atomic E-state index is -0.757. The number of benzene rings is 2. The number of Topliss-reactive ketones (excluding diaryl/α,β-unsaturated/α-hetero) is 1. The summed E-state index contributed by atoms with van der Waals surface area (Å²) in [5, 5.41) is 11.6. The fourth-order valence-electron chi connectivity index (χ4n) is 2.40. The Morgan fingerprint density at radius 3 is 2.56 bits per heavy atom. The Bertz CT molecular complexity index is 634. The Labute approximate surface area is 107 Å². The maximum atomic E-state index is 11.4. The number of hydrogen-bond donors (Lipinski definition) is 0. The van der Waals surface area contributed by atoms with Crippen molar-refractivity contribution in [2.24, 2.45) is 0 Å². The number of hydrogen-bond acceptors (Lipinski definition) is 2. The Balaban J connectivity index is 2.66. The topological polar surface area (TPSA) is 40.9 Å². The van der Waals surface area contributed by atoms with E-state index in [-0.39, 0.29) is 12.2 Å². The first-order chi connectivity index (χ1) is 8.57. The molecule has 0 fully saturated rings. The molecule has 2 nitrogen and oxygen atoms in total. The minimum absolute atomic E-state index is 0.0342. The fraction of sp³-hybridized carbons (Fsp3) is 0.250. The molecule has 1 unspecified atom stereocenters. The van der Waals surface area contributed by atoms with Gasteiger partial charge in [0.25, 0.3) is 0 Å². The van der Waals surface area contributed by atoms with E-state index in [2.05, 4.69) is 6.07 Å². The van der Waals surface area contributed by atoms with E-state index in [9.17, 15) is 10.1 Å². The van der Waals surface area contributed by atoms with Crippen molar-refractivity contribution in [3.8, 4) is 6.07 Å². The lowest BCUT2D eigenvalue weighted by molar-refractivity contribution is -0.117. The van der Waals surface area contributed by atoms with Crippen molar-refractivity contribution in [2.45, 2.75) is 25.7 Å². The van der Waals surface area contributed by atoms with E-state index in [0.717, 1.165) is 16.3 Å². The number of carbonyl (C=O) groups excluding carboxylic acids is 1. The van der Waals surface area contributed by atoms with Crippen LogP contribution in [0.25, 0.3) is 10.8 Å². The first kappa shape index (κ1) is 12.3. The molecule has 0 amide bonds. The van der Waals surface area contributed by atoms with Crippen LogP contribution in [0.1, 0.15) is 25.8 Å². The first-order valence-electron chi connectivity index (χ1n) is 5.96. The zero-order valence-electron chi connectivity index (χ0n) is 10.6. The third-order valence-electron chi connectivity index (χ3n) is 3.23. The van der Waals surface area contributed by atoms with Crippen LogP contribution >= 0.6 is 0 Å². The summed E-state index contributed by atoms with van der Waals surface area (Å²) in [5.74, 6) is 0.0342. The lowest BCUT2D eigenvalue weighted by Gasteiger charge is -2.22.